The maximum Gasteiger partial charge on any atom is 0.243 e. The number of benzene rings is 3. The Balaban J connectivity index is 1.85. The summed E-state index contributed by atoms with van der Waals surface area (Å²) < 4.78 is 5.77. The van der Waals surface area contributed by atoms with Gasteiger partial charge in [-0.3, -0.25) is 9.59 Å². The molecule has 0 unspecified atom stereocenters. The molecule has 0 fully saturated rings. The maximum atomic E-state index is 13.7. The van der Waals surface area contributed by atoms with E-state index in [1.165, 1.54) is 0 Å². The molecule has 0 aromatic heterocycles. The third-order valence-corrected chi connectivity index (χ3v) is 6.74. The first-order valence-electron chi connectivity index (χ1n) is 12.5. The summed E-state index contributed by atoms with van der Waals surface area (Å²) in [5.41, 5.74) is 1.06. The van der Waals surface area contributed by atoms with Gasteiger partial charge in [0, 0.05) is 45.6 Å². The number of hydrogen-bond acceptors (Lipinski definition) is 3. The van der Waals surface area contributed by atoms with E-state index in [1.807, 2.05) is 51.1 Å². The van der Waals surface area contributed by atoms with Crippen molar-refractivity contribution in [1.29, 1.82) is 0 Å². The molecule has 3 rings (SSSR count). The van der Waals surface area contributed by atoms with Crippen LogP contribution in [0.1, 0.15) is 44.7 Å². The molecule has 5 nitrogen and oxygen atoms in total. The largest absolute Gasteiger partial charge is 0.494 e. The lowest BCUT2D eigenvalue weighted by molar-refractivity contribution is -0.142. The molecule has 2 amide bonds. The molecule has 0 bridgehead atoms. The van der Waals surface area contributed by atoms with E-state index in [4.69, 9.17) is 39.5 Å². The fourth-order valence-corrected chi connectivity index (χ4v) is 4.59. The zero-order valence-corrected chi connectivity index (χ0v) is 24.1. The first kappa shape index (κ1) is 29.8. The Morgan fingerprint density at radius 2 is 1.53 bits per heavy atom. The molecule has 8 heteroatoms. The van der Waals surface area contributed by atoms with Gasteiger partial charge in [-0.1, -0.05) is 71.2 Å². The quantitative estimate of drug-likeness (QED) is 0.243. The highest BCUT2D eigenvalue weighted by molar-refractivity contribution is 6.36. The fourth-order valence-electron chi connectivity index (χ4n) is 3.95. The van der Waals surface area contributed by atoms with Crippen LogP contribution >= 0.6 is 34.8 Å². The number of halogens is 3. The molecule has 202 valence electrons. The highest BCUT2D eigenvalue weighted by atomic mass is 35.5. The molecule has 0 saturated carbocycles. The highest BCUT2D eigenvalue weighted by Crippen LogP contribution is 2.28. The Labute approximate surface area is 240 Å². The average molecular weight is 576 g/mol. The molecule has 3 aromatic carbocycles. The smallest absolute Gasteiger partial charge is 0.243 e. The minimum absolute atomic E-state index is 0.102. The van der Waals surface area contributed by atoms with Crippen LogP contribution in [0, 0.1) is 0 Å². The topological polar surface area (TPSA) is 58.6 Å². The number of nitrogens with zero attached hydrogens (tertiary/aromatic N) is 1. The van der Waals surface area contributed by atoms with Crippen LogP contribution in [0.5, 0.6) is 5.75 Å². The van der Waals surface area contributed by atoms with E-state index < -0.39 is 11.6 Å². The van der Waals surface area contributed by atoms with Crippen molar-refractivity contribution in [3.05, 3.63) is 99.0 Å². The molecular formula is C30H33Cl3N2O3. The van der Waals surface area contributed by atoms with Crippen LogP contribution < -0.4 is 10.1 Å². The van der Waals surface area contributed by atoms with E-state index in [-0.39, 0.29) is 24.8 Å². The molecule has 0 aliphatic rings. The number of carbonyl (C=O) groups is 2. The van der Waals surface area contributed by atoms with Crippen molar-refractivity contribution in [2.75, 3.05) is 6.61 Å². The molecule has 0 radical (unpaired) electrons. The van der Waals surface area contributed by atoms with Crippen molar-refractivity contribution < 1.29 is 14.3 Å². The van der Waals surface area contributed by atoms with Gasteiger partial charge in [-0.05, 0) is 69.2 Å². The van der Waals surface area contributed by atoms with Gasteiger partial charge in [0.15, 0.2) is 0 Å². The van der Waals surface area contributed by atoms with Gasteiger partial charge < -0.3 is 15.0 Å². The number of carbonyl (C=O) groups excluding carboxylic acids is 2. The third-order valence-electron chi connectivity index (χ3n) is 5.78. The van der Waals surface area contributed by atoms with Crippen LogP contribution in [0.15, 0.2) is 72.8 Å². The van der Waals surface area contributed by atoms with Crippen molar-refractivity contribution in [1.82, 2.24) is 10.2 Å². The fraction of sp³-hybridized carbons (Fsp3) is 0.333. The van der Waals surface area contributed by atoms with Gasteiger partial charge in [-0.2, -0.15) is 0 Å². The first-order valence-corrected chi connectivity index (χ1v) is 13.6. The molecule has 38 heavy (non-hydrogen) atoms. The maximum absolute atomic E-state index is 13.7. The van der Waals surface area contributed by atoms with E-state index in [1.54, 1.807) is 47.4 Å². The molecule has 0 saturated heterocycles. The summed E-state index contributed by atoms with van der Waals surface area (Å²) in [5.74, 6) is 0.244. The normalized spacial score (nSPS) is 12.1. The number of amides is 2. The van der Waals surface area contributed by atoms with Crippen LogP contribution in [0.3, 0.4) is 0 Å². The summed E-state index contributed by atoms with van der Waals surface area (Å²) in [6.45, 7) is 6.18. The lowest BCUT2D eigenvalue weighted by Crippen LogP contribution is -2.54. The molecule has 0 spiro atoms. The number of hydrogen-bond donors (Lipinski definition) is 1. The second-order valence-electron chi connectivity index (χ2n) is 10.1. The van der Waals surface area contributed by atoms with Crippen LogP contribution in [0.4, 0.5) is 0 Å². The van der Waals surface area contributed by atoms with E-state index in [9.17, 15) is 9.59 Å². The third kappa shape index (κ3) is 9.23. The average Bonchev–Trinajstić information content (AvgIpc) is 2.86. The molecule has 0 aliphatic carbocycles. The standard InChI is InChI=1S/C30H33Cl3N2O3/c1-30(2,3)34-29(37)27(19-21-9-5-4-6-10-21)35(20-24-25(32)11-7-12-26(24)33)28(36)13-8-18-38-23-16-14-22(31)15-17-23/h4-7,9-12,14-17,27H,8,13,18-20H2,1-3H3,(H,34,37)/t27-/m1/s1. The summed E-state index contributed by atoms with van der Waals surface area (Å²) in [5, 5.41) is 4.55. The predicted octanol–water partition coefficient (Wildman–Crippen LogP) is 7.36. The molecule has 1 atom stereocenters. The van der Waals surface area contributed by atoms with Crippen LogP contribution in [0.2, 0.25) is 15.1 Å². The van der Waals surface area contributed by atoms with Crippen molar-refractivity contribution in [2.24, 2.45) is 0 Å². The van der Waals surface area contributed by atoms with Gasteiger partial charge in [-0.25, -0.2) is 0 Å². The van der Waals surface area contributed by atoms with E-state index in [0.717, 1.165) is 5.56 Å². The number of rotatable bonds is 11. The first-order chi connectivity index (χ1) is 18.0. The Kier molecular flexibility index (Phi) is 10.9. The monoisotopic (exact) mass is 574 g/mol. The predicted molar refractivity (Wildman–Crippen MR) is 155 cm³/mol. The molecule has 0 heterocycles. The van der Waals surface area contributed by atoms with Crippen LogP contribution in [-0.4, -0.2) is 34.9 Å². The van der Waals surface area contributed by atoms with Gasteiger partial charge in [-0.15, -0.1) is 0 Å². The highest BCUT2D eigenvalue weighted by Gasteiger charge is 2.32. The number of ether oxygens (including phenoxy) is 1. The van der Waals surface area contributed by atoms with E-state index >= 15 is 0 Å². The van der Waals surface area contributed by atoms with Crippen LogP contribution in [0.25, 0.3) is 0 Å². The Morgan fingerprint density at radius 1 is 0.895 bits per heavy atom. The molecule has 1 N–H and O–H groups in total. The van der Waals surface area contributed by atoms with Gasteiger partial charge >= 0.3 is 0 Å². The summed E-state index contributed by atoms with van der Waals surface area (Å²) in [6, 6.07) is 21.1. The van der Waals surface area contributed by atoms with Gasteiger partial charge in [0.25, 0.3) is 0 Å². The van der Waals surface area contributed by atoms with Crippen molar-refractivity contribution >= 4 is 46.6 Å². The van der Waals surface area contributed by atoms with Crippen molar-refractivity contribution in [2.45, 2.75) is 58.2 Å². The SMILES string of the molecule is CC(C)(C)NC(=O)[C@@H](Cc1ccccc1)N(Cc1c(Cl)cccc1Cl)C(=O)CCCOc1ccc(Cl)cc1. The molecule has 0 aliphatic heterocycles. The minimum Gasteiger partial charge on any atom is -0.494 e. The zero-order valence-electron chi connectivity index (χ0n) is 21.8. The number of nitrogens with one attached hydrogen (secondary N) is 1. The summed E-state index contributed by atoms with van der Waals surface area (Å²) in [4.78, 5) is 28.9. The van der Waals surface area contributed by atoms with E-state index in [2.05, 4.69) is 5.32 Å². The molecular weight excluding hydrogens is 543 g/mol. The Bertz CT molecular complexity index is 1190. The minimum atomic E-state index is -0.770. The second-order valence-corrected chi connectivity index (χ2v) is 11.3. The lowest BCUT2D eigenvalue weighted by atomic mass is 10.00. The van der Waals surface area contributed by atoms with Crippen molar-refractivity contribution in [3.8, 4) is 5.75 Å². The Hall–Kier alpha value is -2.73. The Morgan fingerprint density at radius 3 is 2.13 bits per heavy atom. The van der Waals surface area contributed by atoms with E-state index in [0.29, 0.717) is 45.8 Å². The van der Waals surface area contributed by atoms with Crippen LogP contribution in [-0.2, 0) is 22.6 Å². The van der Waals surface area contributed by atoms with Crippen molar-refractivity contribution in [3.63, 3.8) is 0 Å². The lowest BCUT2D eigenvalue weighted by Gasteiger charge is -2.34. The van der Waals surface area contributed by atoms with Gasteiger partial charge in [0.05, 0.1) is 6.61 Å². The summed E-state index contributed by atoms with van der Waals surface area (Å²) in [7, 11) is 0. The second kappa shape index (κ2) is 13.9. The van der Waals surface area contributed by atoms with Gasteiger partial charge in [0.1, 0.15) is 11.8 Å². The summed E-state index contributed by atoms with van der Waals surface area (Å²) >= 11 is 18.9. The molecule has 3 aromatic rings. The summed E-state index contributed by atoms with van der Waals surface area (Å²) in [6.07, 6.45) is 0.995. The van der Waals surface area contributed by atoms with Gasteiger partial charge in [0.2, 0.25) is 11.8 Å². The zero-order chi connectivity index (χ0) is 27.7.